The molecule has 2 aromatic carbocycles. The molecule has 20 heavy (non-hydrogen) atoms. The van der Waals surface area contributed by atoms with Crippen molar-refractivity contribution in [2.75, 3.05) is 0 Å². The second kappa shape index (κ2) is 5.21. The molecule has 0 N–H and O–H groups in total. The van der Waals surface area contributed by atoms with Gasteiger partial charge in [-0.3, -0.25) is 9.69 Å². The number of carbonyl (C=O) groups is 1. The lowest BCUT2D eigenvalue weighted by atomic mass is 10.1. The van der Waals surface area contributed by atoms with E-state index in [-0.39, 0.29) is 0 Å². The van der Waals surface area contributed by atoms with Crippen LogP contribution >= 0.6 is 23.2 Å². The standard InChI is InChI=1S/C16H13Cl2NO/c17-14-7-5-12(6-8-14)9-19-10-13-3-1-2-4-15(13)16(19,18)11-20/h1-8,11H,9-10H2. The number of hydrogen-bond acceptors (Lipinski definition) is 2. The summed E-state index contributed by atoms with van der Waals surface area (Å²) in [5.74, 6) is 0. The second-order valence-electron chi connectivity index (χ2n) is 4.93. The van der Waals surface area contributed by atoms with Crippen LogP contribution in [0.2, 0.25) is 5.02 Å². The molecule has 0 fully saturated rings. The van der Waals surface area contributed by atoms with Gasteiger partial charge in [-0.2, -0.15) is 0 Å². The summed E-state index contributed by atoms with van der Waals surface area (Å²) in [7, 11) is 0. The topological polar surface area (TPSA) is 20.3 Å². The fraction of sp³-hybridized carbons (Fsp3) is 0.188. The molecular weight excluding hydrogens is 293 g/mol. The summed E-state index contributed by atoms with van der Waals surface area (Å²) in [6, 6.07) is 15.4. The Morgan fingerprint density at radius 2 is 1.85 bits per heavy atom. The number of nitrogens with zero attached hydrogens (tertiary/aromatic N) is 1. The summed E-state index contributed by atoms with van der Waals surface area (Å²) < 4.78 is 0. The van der Waals surface area contributed by atoms with Crippen LogP contribution in [-0.2, 0) is 22.9 Å². The van der Waals surface area contributed by atoms with E-state index < -0.39 is 5.00 Å². The van der Waals surface area contributed by atoms with Crippen LogP contribution in [0.15, 0.2) is 48.5 Å². The van der Waals surface area contributed by atoms with Crippen molar-refractivity contribution < 1.29 is 4.79 Å². The van der Waals surface area contributed by atoms with E-state index >= 15 is 0 Å². The Balaban J connectivity index is 1.92. The van der Waals surface area contributed by atoms with Crippen LogP contribution in [-0.4, -0.2) is 11.2 Å². The molecule has 0 saturated heterocycles. The first-order valence-corrected chi connectivity index (χ1v) is 7.12. The number of alkyl halides is 1. The molecule has 1 atom stereocenters. The third kappa shape index (κ3) is 2.24. The molecule has 1 aliphatic heterocycles. The highest BCUT2D eigenvalue weighted by molar-refractivity contribution is 6.31. The van der Waals surface area contributed by atoms with Gasteiger partial charge in [-0.1, -0.05) is 59.6 Å². The number of halogens is 2. The highest BCUT2D eigenvalue weighted by Crippen LogP contribution is 2.41. The van der Waals surface area contributed by atoms with Crippen LogP contribution in [0, 0.1) is 0 Å². The fourth-order valence-corrected chi connectivity index (χ4v) is 3.04. The number of rotatable bonds is 3. The van der Waals surface area contributed by atoms with Crippen LogP contribution < -0.4 is 0 Å². The Labute approximate surface area is 127 Å². The number of aldehydes is 1. The predicted molar refractivity (Wildman–Crippen MR) is 80.7 cm³/mol. The average Bonchev–Trinajstić information content (AvgIpc) is 2.75. The molecule has 0 aliphatic carbocycles. The van der Waals surface area contributed by atoms with Crippen molar-refractivity contribution in [3.63, 3.8) is 0 Å². The molecule has 0 bridgehead atoms. The van der Waals surface area contributed by atoms with Gasteiger partial charge in [0.05, 0.1) is 0 Å². The molecule has 3 rings (SSSR count). The maximum Gasteiger partial charge on any atom is 0.178 e. The smallest absolute Gasteiger partial charge is 0.178 e. The van der Waals surface area contributed by atoms with Crippen LogP contribution in [0.5, 0.6) is 0 Å². The van der Waals surface area contributed by atoms with Gasteiger partial charge in [0.25, 0.3) is 0 Å². The molecular formula is C16H13Cl2NO. The molecule has 0 aromatic heterocycles. The van der Waals surface area contributed by atoms with E-state index in [0.29, 0.717) is 18.1 Å². The van der Waals surface area contributed by atoms with E-state index in [2.05, 4.69) is 0 Å². The summed E-state index contributed by atoms with van der Waals surface area (Å²) in [5.41, 5.74) is 3.06. The maximum atomic E-state index is 11.6. The van der Waals surface area contributed by atoms with Crippen LogP contribution in [0.25, 0.3) is 0 Å². The predicted octanol–water partition coefficient (Wildman–Crippen LogP) is 3.95. The van der Waals surface area contributed by atoms with Gasteiger partial charge in [-0.25, -0.2) is 0 Å². The molecule has 1 heterocycles. The Morgan fingerprint density at radius 1 is 1.15 bits per heavy atom. The van der Waals surface area contributed by atoms with E-state index in [1.165, 1.54) is 0 Å². The first-order valence-electron chi connectivity index (χ1n) is 6.36. The molecule has 0 amide bonds. The Bertz CT molecular complexity index is 641. The number of benzene rings is 2. The minimum atomic E-state index is -1.07. The highest BCUT2D eigenvalue weighted by Gasteiger charge is 2.43. The SMILES string of the molecule is O=CC1(Cl)c2ccccc2CN1Cc1ccc(Cl)cc1. The van der Waals surface area contributed by atoms with Crippen LogP contribution in [0.4, 0.5) is 0 Å². The van der Waals surface area contributed by atoms with Gasteiger partial charge in [0.15, 0.2) is 11.3 Å². The summed E-state index contributed by atoms with van der Waals surface area (Å²) in [5, 5.41) is 0.700. The van der Waals surface area contributed by atoms with Crippen molar-refractivity contribution in [2.45, 2.75) is 18.1 Å². The first-order chi connectivity index (χ1) is 9.63. The third-order valence-corrected chi connectivity index (χ3v) is 4.44. The zero-order valence-corrected chi connectivity index (χ0v) is 12.2. The van der Waals surface area contributed by atoms with Gasteiger partial charge < -0.3 is 0 Å². The zero-order chi connectivity index (χ0) is 14.2. The summed E-state index contributed by atoms with van der Waals surface area (Å²) in [4.78, 5) is 12.4. The van der Waals surface area contributed by atoms with Crippen molar-refractivity contribution in [1.82, 2.24) is 4.90 Å². The lowest BCUT2D eigenvalue weighted by Gasteiger charge is -2.28. The maximum absolute atomic E-state index is 11.6. The van der Waals surface area contributed by atoms with Gasteiger partial charge in [-0.05, 0) is 28.8 Å². The van der Waals surface area contributed by atoms with Crippen LogP contribution in [0.3, 0.4) is 0 Å². The Kier molecular flexibility index (Phi) is 3.55. The molecule has 2 nitrogen and oxygen atoms in total. The van der Waals surface area contributed by atoms with E-state index in [0.717, 1.165) is 23.0 Å². The van der Waals surface area contributed by atoms with Gasteiger partial charge in [0.1, 0.15) is 0 Å². The molecule has 1 unspecified atom stereocenters. The van der Waals surface area contributed by atoms with Crippen molar-refractivity contribution in [3.8, 4) is 0 Å². The normalized spacial score (nSPS) is 21.7. The number of fused-ring (bicyclic) bond motifs is 1. The zero-order valence-electron chi connectivity index (χ0n) is 10.7. The molecule has 1 aliphatic rings. The van der Waals surface area contributed by atoms with Crippen molar-refractivity contribution in [1.29, 1.82) is 0 Å². The van der Waals surface area contributed by atoms with Crippen molar-refractivity contribution >= 4 is 29.5 Å². The minimum absolute atomic E-state index is 0.605. The number of hydrogen-bond donors (Lipinski definition) is 0. The Morgan fingerprint density at radius 3 is 2.55 bits per heavy atom. The van der Waals surface area contributed by atoms with E-state index in [9.17, 15) is 4.79 Å². The summed E-state index contributed by atoms with van der Waals surface area (Å²) in [6.45, 7) is 1.27. The highest BCUT2D eigenvalue weighted by atomic mass is 35.5. The average molecular weight is 306 g/mol. The largest absolute Gasteiger partial charge is 0.299 e. The molecule has 102 valence electrons. The number of carbonyl (C=O) groups excluding carboxylic acids is 1. The van der Waals surface area contributed by atoms with Crippen molar-refractivity contribution in [2.24, 2.45) is 0 Å². The minimum Gasteiger partial charge on any atom is -0.299 e. The molecule has 4 heteroatoms. The van der Waals surface area contributed by atoms with Gasteiger partial charge >= 0.3 is 0 Å². The molecule has 0 radical (unpaired) electrons. The van der Waals surface area contributed by atoms with Gasteiger partial charge in [0.2, 0.25) is 0 Å². The Hall–Kier alpha value is -1.35. The van der Waals surface area contributed by atoms with Crippen LogP contribution in [0.1, 0.15) is 16.7 Å². The fourth-order valence-electron chi connectivity index (χ4n) is 2.61. The molecule has 0 spiro atoms. The third-order valence-electron chi connectivity index (χ3n) is 3.66. The second-order valence-corrected chi connectivity index (χ2v) is 5.94. The van der Waals surface area contributed by atoms with Gasteiger partial charge in [-0.15, -0.1) is 0 Å². The van der Waals surface area contributed by atoms with Gasteiger partial charge in [0, 0.05) is 18.1 Å². The molecule has 2 aromatic rings. The van der Waals surface area contributed by atoms with E-state index in [1.54, 1.807) is 0 Å². The molecule has 0 saturated carbocycles. The summed E-state index contributed by atoms with van der Waals surface area (Å²) in [6.07, 6.45) is 0.816. The quantitative estimate of drug-likeness (QED) is 0.486. The summed E-state index contributed by atoms with van der Waals surface area (Å²) >= 11 is 12.5. The monoisotopic (exact) mass is 305 g/mol. The van der Waals surface area contributed by atoms with E-state index in [4.69, 9.17) is 23.2 Å². The first kappa shape index (κ1) is 13.6. The lowest BCUT2D eigenvalue weighted by Crippen LogP contribution is -2.36. The van der Waals surface area contributed by atoms with Crippen molar-refractivity contribution in [3.05, 3.63) is 70.2 Å². The van der Waals surface area contributed by atoms with E-state index in [1.807, 2.05) is 53.4 Å². The lowest BCUT2D eigenvalue weighted by molar-refractivity contribution is -0.114.